The molecule has 312 valence electrons. The normalized spacial score (nSPS) is 12.9. The molecule has 0 fully saturated rings. The van der Waals surface area contributed by atoms with Crippen molar-refractivity contribution >= 4 is 49.8 Å². The van der Waals surface area contributed by atoms with Gasteiger partial charge in [-0.25, -0.2) is 0 Å². The minimum absolute atomic E-state index is 0.467. The van der Waals surface area contributed by atoms with Crippen molar-refractivity contribution in [1.29, 1.82) is 0 Å². The summed E-state index contributed by atoms with van der Waals surface area (Å²) in [6, 6.07) is 91.4. The van der Waals surface area contributed by atoms with E-state index in [-0.39, 0.29) is 0 Å². The Morgan fingerprint density at radius 2 is 0.791 bits per heavy atom. The number of benzene rings is 11. The predicted octanol–water partition coefficient (Wildman–Crippen LogP) is 17.6. The van der Waals surface area contributed by atoms with Gasteiger partial charge in [0.1, 0.15) is 11.2 Å². The minimum Gasteiger partial charge on any atom is -0.456 e. The number of hydrogen-bond donors (Lipinski definition) is 0. The maximum absolute atomic E-state index is 6.50. The van der Waals surface area contributed by atoms with Crippen molar-refractivity contribution in [1.82, 2.24) is 0 Å². The Morgan fingerprint density at radius 1 is 0.284 bits per heavy atom. The van der Waals surface area contributed by atoms with Crippen molar-refractivity contribution in [2.45, 2.75) is 5.41 Å². The van der Waals surface area contributed by atoms with E-state index in [0.717, 1.165) is 50.1 Å². The van der Waals surface area contributed by atoms with Crippen LogP contribution in [0.5, 0.6) is 0 Å². The Bertz CT molecular complexity index is 3870. The quantitative estimate of drug-likeness (QED) is 0.166. The summed E-state index contributed by atoms with van der Waals surface area (Å²) < 4.78 is 6.50. The van der Waals surface area contributed by atoms with Crippen molar-refractivity contribution in [2.24, 2.45) is 0 Å². The molecule has 0 aliphatic heterocycles. The fourth-order valence-corrected chi connectivity index (χ4v) is 11.5. The summed E-state index contributed by atoms with van der Waals surface area (Å²) in [6.07, 6.45) is 0. The van der Waals surface area contributed by atoms with Crippen LogP contribution in [0.1, 0.15) is 22.3 Å². The maximum Gasteiger partial charge on any atom is 0.136 e. The molecule has 0 bridgehead atoms. The van der Waals surface area contributed by atoms with Gasteiger partial charge in [-0.3, -0.25) is 0 Å². The molecule has 2 nitrogen and oxygen atoms in total. The van der Waals surface area contributed by atoms with Crippen LogP contribution >= 0.6 is 0 Å². The van der Waals surface area contributed by atoms with E-state index in [9.17, 15) is 0 Å². The van der Waals surface area contributed by atoms with E-state index >= 15 is 0 Å². The Hall–Kier alpha value is -8.72. The Labute approximate surface area is 389 Å². The lowest BCUT2D eigenvalue weighted by Crippen LogP contribution is -2.26. The van der Waals surface area contributed by atoms with Crippen molar-refractivity contribution in [3.63, 3.8) is 0 Å². The fourth-order valence-electron chi connectivity index (χ4n) is 11.5. The molecule has 0 atom stereocenters. The lowest BCUT2D eigenvalue weighted by molar-refractivity contribution is 0.669. The van der Waals surface area contributed by atoms with Crippen molar-refractivity contribution in [3.8, 4) is 55.6 Å². The number of nitrogens with zero attached hydrogens (tertiary/aromatic N) is 1. The fraction of sp³-hybridized carbons (Fsp3) is 0.0154. The van der Waals surface area contributed by atoms with Gasteiger partial charge in [0, 0.05) is 27.7 Å². The Morgan fingerprint density at radius 3 is 1.48 bits per heavy atom. The third-order valence-electron chi connectivity index (χ3n) is 14.5. The van der Waals surface area contributed by atoms with Gasteiger partial charge in [-0.05, 0) is 144 Å². The minimum atomic E-state index is -0.467. The smallest absolute Gasteiger partial charge is 0.136 e. The lowest BCUT2D eigenvalue weighted by atomic mass is 9.70. The van der Waals surface area contributed by atoms with Crippen LogP contribution in [0.15, 0.2) is 253 Å². The molecule has 0 amide bonds. The predicted molar refractivity (Wildman–Crippen MR) is 279 cm³/mol. The van der Waals surface area contributed by atoms with Gasteiger partial charge in [0.05, 0.1) is 11.1 Å². The van der Waals surface area contributed by atoms with Crippen LogP contribution in [0.3, 0.4) is 0 Å². The second-order valence-corrected chi connectivity index (χ2v) is 18.0. The number of rotatable bonds is 6. The van der Waals surface area contributed by atoms with Crippen molar-refractivity contribution < 1.29 is 4.42 Å². The molecule has 1 spiro atoms. The molecule has 11 aromatic carbocycles. The molecule has 0 saturated carbocycles. The van der Waals surface area contributed by atoms with Crippen molar-refractivity contribution in [3.05, 3.63) is 271 Å². The van der Waals surface area contributed by atoms with Gasteiger partial charge in [-0.1, -0.05) is 188 Å². The summed E-state index contributed by atoms with van der Waals surface area (Å²) in [4.78, 5) is 2.47. The highest BCUT2D eigenvalue weighted by Crippen LogP contribution is 2.63. The summed E-state index contributed by atoms with van der Waals surface area (Å²) in [5.74, 6) is 0. The third kappa shape index (κ3) is 5.63. The van der Waals surface area contributed by atoms with Gasteiger partial charge in [0.2, 0.25) is 0 Å². The summed E-state index contributed by atoms with van der Waals surface area (Å²) in [6.45, 7) is 0. The average molecular weight is 852 g/mol. The van der Waals surface area contributed by atoms with Gasteiger partial charge in [0.25, 0.3) is 0 Å². The summed E-state index contributed by atoms with van der Waals surface area (Å²) in [5, 5.41) is 4.61. The summed E-state index contributed by atoms with van der Waals surface area (Å²) >= 11 is 0. The second kappa shape index (κ2) is 14.7. The third-order valence-corrected chi connectivity index (χ3v) is 14.5. The van der Waals surface area contributed by atoms with E-state index in [0.29, 0.717) is 0 Å². The summed E-state index contributed by atoms with van der Waals surface area (Å²) in [5.41, 5.74) is 22.1. The van der Waals surface area contributed by atoms with E-state index in [1.165, 1.54) is 77.5 Å². The SMILES string of the molecule is c1ccc(-c2cccc(-c3ccc(N(c4ccc5c(c4)C4(c6ccccc6-c6ccccc64)c4ccccc4-5)c4ccccc4-c4ccc5oc6cc7ccccc7cc6c5c4)cc3)c2)cc1. The van der Waals surface area contributed by atoms with E-state index in [1.54, 1.807) is 0 Å². The molecular weight excluding hydrogens is 811 g/mol. The number of fused-ring (bicyclic) bond motifs is 14. The number of anilines is 3. The highest BCUT2D eigenvalue weighted by atomic mass is 16.3. The van der Waals surface area contributed by atoms with E-state index < -0.39 is 5.41 Å². The standard InChI is InChI=1S/C65H41NO/c1-2-15-42(16-3-1)44-19-14-20-45(37-44)43-29-32-49(33-30-43)66(62-28-13-9-21-51(62)48-31-36-63-56(39-48)57-38-46-17-4-5-18-47(46)40-64(57)67-63)50-34-35-55-54-24-8-12-27-60(54)65(61(55)41-50)58-25-10-6-22-52(58)53-23-7-11-26-59(53)65/h1-41H. The monoisotopic (exact) mass is 851 g/mol. The van der Waals surface area contributed by atoms with Crippen LogP contribution in [0.2, 0.25) is 0 Å². The maximum atomic E-state index is 6.50. The zero-order valence-electron chi connectivity index (χ0n) is 36.5. The molecular formula is C65H41NO. The molecule has 0 N–H and O–H groups in total. The van der Waals surface area contributed by atoms with Crippen LogP contribution < -0.4 is 4.90 Å². The lowest BCUT2D eigenvalue weighted by Gasteiger charge is -2.32. The largest absolute Gasteiger partial charge is 0.456 e. The van der Waals surface area contributed by atoms with E-state index in [2.05, 4.69) is 254 Å². The number of hydrogen-bond acceptors (Lipinski definition) is 2. The zero-order valence-corrected chi connectivity index (χ0v) is 36.5. The molecule has 2 aliphatic rings. The molecule has 1 heterocycles. The van der Waals surface area contributed by atoms with Gasteiger partial charge in [0.15, 0.2) is 0 Å². The molecule has 0 unspecified atom stereocenters. The molecule has 0 radical (unpaired) electrons. The molecule has 0 saturated heterocycles. The number of furan rings is 1. The highest BCUT2D eigenvalue weighted by molar-refractivity contribution is 6.11. The van der Waals surface area contributed by atoms with Crippen LogP contribution in [-0.2, 0) is 5.41 Å². The zero-order chi connectivity index (χ0) is 44.1. The molecule has 2 heteroatoms. The number of para-hydroxylation sites is 1. The van der Waals surface area contributed by atoms with Gasteiger partial charge in [-0.15, -0.1) is 0 Å². The molecule has 67 heavy (non-hydrogen) atoms. The molecule has 1 aromatic heterocycles. The topological polar surface area (TPSA) is 16.4 Å². The first-order valence-corrected chi connectivity index (χ1v) is 23.2. The van der Waals surface area contributed by atoms with Crippen LogP contribution in [0.25, 0.3) is 88.3 Å². The van der Waals surface area contributed by atoms with E-state index in [4.69, 9.17) is 4.42 Å². The second-order valence-electron chi connectivity index (χ2n) is 18.0. The molecule has 2 aliphatic carbocycles. The van der Waals surface area contributed by atoms with Crippen LogP contribution in [0, 0.1) is 0 Å². The van der Waals surface area contributed by atoms with Gasteiger partial charge >= 0.3 is 0 Å². The van der Waals surface area contributed by atoms with E-state index in [1.807, 2.05) is 0 Å². The molecule has 12 aromatic rings. The van der Waals surface area contributed by atoms with Gasteiger partial charge < -0.3 is 9.32 Å². The summed E-state index contributed by atoms with van der Waals surface area (Å²) in [7, 11) is 0. The Balaban J connectivity index is 0.976. The Kier molecular flexibility index (Phi) is 8.23. The first-order valence-electron chi connectivity index (χ1n) is 23.2. The van der Waals surface area contributed by atoms with Gasteiger partial charge in [-0.2, -0.15) is 0 Å². The van der Waals surface area contributed by atoms with Crippen molar-refractivity contribution in [2.75, 3.05) is 4.90 Å². The molecule has 14 rings (SSSR count). The first-order chi connectivity index (χ1) is 33.2. The average Bonchev–Trinajstić information content (AvgIpc) is 4.02. The van der Waals surface area contributed by atoms with Crippen LogP contribution in [-0.4, -0.2) is 0 Å². The highest BCUT2D eigenvalue weighted by Gasteiger charge is 2.51. The van der Waals surface area contributed by atoms with Crippen LogP contribution in [0.4, 0.5) is 17.1 Å². The first kappa shape index (κ1) is 37.6.